The first-order valence-electron chi connectivity index (χ1n) is 18.4. The van der Waals surface area contributed by atoms with Crippen LogP contribution in [0.4, 0.5) is 5.13 Å². The first kappa shape index (κ1) is 35.1. The molecule has 6 aromatic rings. The normalized spacial score (nSPS) is 22.6. The molecule has 0 radical (unpaired) electrons. The lowest BCUT2D eigenvalue weighted by Gasteiger charge is -2.58. The van der Waals surface area contributed by atoms with Gasteiger partial charge in [-0.2, -0.15) is 5.10 Å². The van der Waals surface area contributed by atoms with E-state index >= 15 is 0 Å². The van der Waals surface area contributed by atoms with Crippen molar-refractivity contribution >= 4 is 49.5 Å². The van der Waals surface area contributed by atoms with Gasteiger partial charge in [0.05, 0.1) is 17.5 Å². The van der Waals surface area contributed by atoms with Gasteiger partial charge in [0, 0.05) is 47.8 Å². The molecule has 2 N–H and O–H groups in total. The minimum absolute atomic E-state index is 0.0388. The van der Waals surface area contributed by atoms with E-state index < -0.39 is 5.97 Å². The smallest absolute Gasteiger partial charge is 0.355 e. The maximum absolute atomic E-state index is 13.5. The number of pyridine rings is 2. The number of carbonyl (C=O) groups is 2. The Kier molecular flexibility index (Phi) is 8.89. The second-order valence-corrected chi connectivity index (χ2v) is 16.6. The molecule has 3 unspecified atom stereocenters. The van der Waals surface area contributed by atoms with Crippen molar-refractivity contribution in [2.24, 2.45) is 10.8 Å². The summed E-state index contributed by atoms with van der Waals surface area (Å²) in [6.07, 6.45) is 12.5. The summed E-state index contributed by atoms with van der Waals surface area (Å²) in [6, 6.07) is 18.6. The van der Waals surface area contributed by atoms with Crippen LogP contribution in [0.3, 0.4) is 0 Å². The van der Waals surface area contributed by atoms with Crippen molar-refractivity contribution in [2.75, 3.05) is 12.4 Å². The number of hydrogen-bond donors (Lipinski definition) is 2. The van der Waals surface area contributed by atoms with Crippen LogP contribution in [0, 0.1) is 17.8 Å². The van der Waals surface area contributed by atoms with Gasteiger partial charge in [0.2, 0.25) is 0 Å². The van der Waals surface area contributed by atoms with Gasteiger partial charge in [0.25, 0.3) is 5.91 Å². The minimum atomic E-state index is -1.11. The SMILES string of the molecule is CCCC1(OC)CC2(C)CCCC(Cn3ncc(-c4ccc(-c5ccc6cccc(C(=O)Nc7nc8cccnc8s7)c6c5)nc4C(=O)O)c3C)(C2)C1. The number of aromatic carboxylic acids is 1. The number of nitrogens with one attached hydrogen (secondary N) is 1. The number of carboxylic acids is 1. The summed E-state index contributed by atoms with van der Waals surface area (Å²) in [4.78, 5) is 40.6. The Morgan fingerprint density at radius 2 is 1.89 bits per heavy atom. The average molecular weight is 729 g/mol. The van der Waals surface area contributed by atoms with E-state index in [0.717, 1.165) is 77.4 Å². The highest BCUT2D eigenvalue weighted by Crippen LogP contribution is 2.61. The molecule has 10 nitrogen and oxygen atoms in total. The lowest BCUT2D eigenvalue weighted by molar-refractivity contribution is -0.152. The van der Waals surface area contributed by atoms with Crippen molar-refractivity contribution in [3.05, 3.63) is 90.0 Å². The fraction of sp³-hybridized carbons (Fsp3) is 0.381. The van der Waals surface area contributed by atoms with Crippen molar-refractivity contribution in [3.8, 4) is 22.4 Å². The second kappa shape index (κ2) is 13.4. The van der Waals surface area contributed by atoms with Crippen LogP contribution in [0.5, 0.6) is 0 Å². The van der Waals surface area contributed by atoms with E-state index in [1.54, 1.807) is 18.5 Å². The summed E-state index contributed by atoms with van der Waals surface area (Å²) in [7, 11) is 1.88. The number of hydrogen-bond acceptors (Lipinski definition) is 8. The topological polar surface area (TPSA) is 132 Å². The van der Waals surface area contributed by atoms with Crippen LogP contribution in [0.15, 0.2) is 73.1 Å². The van der Waals surface area contributed by atoms with Crippen LogP contribution in [0.25, 0.3) is 43.5 Å². The van der Waals surface area contributed by atoms with Crippen molar-refractivity contribution in [1.29, 1.82) is 0 Å². The van der Waals surface area contributed by atoms with Crippen molar-refractivity contribution in [3.63, 3.8) is 0 Å². The van der Waals surface area contributed by atoms with Gasteiger partial charge in [-0.1, -0.05) is 62.3 Å². The van der Waals surface area contributed by atoms with E-state index in [9.17, 15) is 14.7 Å². The van der Waals surface area contributed by atoms with Crippen LogP contribution >= 0.6 is 11.3 Å². The molecule has 2 aliphatic rings. The van der Waals surface area contributed by atoms with E-state index in [1.807, 2.05) is 68.6 Å². The van der Waals surface area contributed by atoms with E-state index in [1.165, 1.54) is 24.2 Å². The van der Waals surface area contributed by atoms with Gasteiger partial charge in [-0.3, -0.25) is 14.8 Å². The predicted octanol–water partition coefficient (Wildman–Crippen LogP) is 9.57. The van der Waals surface area contributed by atoms with Crippen LogP contribution in [-0.2, 0) is 11.3 Å². The fourth-order valence-corrected chi connectivity index (χ4v) is 10.5. The minimum Gasteiger partial charge on any atom is -0.476 e. The molecule has 4 aromatic heterocycles. The molecule has 0 saturated heterocycles. The van der Waals surface area contributed by atoms with Gasteiger partial charge in [0.15, 0.2) is 10.8 Å². The number of methoxy groups -OCH3 is 1. The number of anilines is 1. The molecule has 0 aliphatic heterocycles. The number of fused-ring (bicyclic) bond motifs is 4. The molecule has 1 amide bonds. The Hall–Kier alpha value is -5.00. The summed E-state index contributed by atoms with van der Waals surface area (Å²) in [6.45, 7) is 7.48. The standard InChI is InChI=1S/C42H44N6O4S/c1-5-16-42(52-4)23-40(3)17-8-18-41(22-40,24-42)25-48-26(2)32(21-44-48)29-14-15-33(45-35(29)38(50)51)28-13-12-27-9-6-10-30(31(27)20-28)36(49)47-39-46-34-11-7-19-43-37(34)53-39/h6-7,9-15,19-21H,5,8,16-18,22-25H2,1-4H3,(H,50,51)(H,46,47,49). The molecule has 272 valence electrons. The van der Waals surface area contributed by atoms with Gasteiger partial charge >= 0.3 is 5.97 Å². The third-order valence-corrected chi connectivity index (χ3v) is 12.6. The molecule has 4 heterocycles. The number of benzene rings is 2. The Labute approximate surface area is 312 Å². The summed E-state index contributed by atoms with van der Waals surface area (Å²) >= 11 is 1.32. The summed E-state index contributed by atoms with van der Waals surface area (Å²) in [5, 5.41) is 20.3. The van der Waals surface area contributed by atoms with Crippen LogP contribution in [-0.4, -0.2) is 54.4 Å². The summed E-state index contributed by atoms with van der Waals surface area (Å²) in [5.41, 5.74) is 4.77. The molecule has 11 heteroatoms. The third kappa shape index (κ3) is 6.50. The molecule has 2 aliphatic carbocycles. The van der Waals surface area contributed by atoms with E-state index in [4.69, 9.17) is 14.8 Å². The largest absolute Gasteiger partial charge is 0.476 e. The van der Waals surface area contributed by atoms with Gasteiger partial charge < -0.3 is 9.84 Å². The zero-order valence-corrected chi connectivity index (χ0v) is 31.4. The molecular weight excluding hydrogens is 685 g/mol. The first-order valence-corrected chi connectivity index (χ1v) is 19.2. The van der Waals surface area contributed by atoms with E-state index in [-0.39, 0.29) is 28.0 Å². The zero-order valence-electron chi connectivity index (χ0n) is 30.6. The van der Waals surface area contributed by atoms with Crippen LogP contribution in [0.1, 0.15) is 91.8 Å². The van der Waals surface area contributed by atoms with Gasteiger partial charge in [0.1, 0.15) is 10.3 Å². The highest BCUT2D eigenvalue weighted by atomic mass is 32.1. The highest BCUT2D eigenvalue weighted by Gasteiger charge is 2.55. The predicted molar refractivity (Wildman–Crippen MR) is 208 cm³/mol. The molecule has 2 bridgehead atoms. The quantitative estimate of drug-likeness (QED) is 0.143. The average Bonchev–Trinajstić information content (AvgIpc) is 3.72. The van der Waals surface area contributed by atoms with Crippen LogP contribution < -0.4 is 5.32 Å². The number of rotatable bonds is 10. The summed E-state index contributed by atoms with van der Waals surface area (Å²) in [5.74, 6) is -1.41. The number of thiazole rings is 1. The number of carbonyl (C=O) groups excluding carboxylic acids is 1. The van der Waals surface area contributed by atoms with Crippen molar-refractivity contribution in [1.82, 2.24) is 24.7 Å². The zero-order chi connectivity index (χ0) is 37.0. The molecule has 53 heavy (non-hydrogen) atoms. The number of nitrogens with zero attached hydrogens (tertiary/aromatic N) is 5. The molecular formula is C42H44N6O4S. The number of ether oxygens (including phenoxy) is 1. The van der Waals surface area contributed by atoms with Gasteiger partial charge in [-0.25, -0.2) is 19.7 Å². The molecule has 2 saturated carbocycles. The maximum atomic E-state index is 13.5. The Balaban J connectivity index is 1.09. The maximum Gasteiger partial charge on any atom is 0.355 e. The Bertz CT molecular complexity index is 2350. The first-order chi connectivity index (χ1) is 25.5. The molecule has 8 rings (SSSR count). The third-order valence-electron chi connectivity index (χ3n) is 11.7. The highest BCUT2D eigenvalue weighted by molar-refractivity contribution is 7.22. The molecule has 2 fully saturated rings. The fourth-order valence-electron chi connectivity index (χ4n) is 9.67. The number of aromatic nitrogens is 5. The summed E-state index contributed by atoms with van der Waals surface area (Å²) < 4.78 is 8.41. The molecule has 3 atom stereocenters. The van der Waals surface area contributed by atoms with Gasteiger partial charge in [-0.15, -0.1) is 0 Å². The second-order valence-electron chi connectivity index (χ2n) is 15.6. The monoisotopic (exact) mass is 728 g/mol. The lowest BCUT2D eigenvalue weighted by atomic mass is 9.51. The lowest BCUT2D eigenvalue weighted by Crippen LogP contribution is -2.53. The van der Waals surface area contributed by atoms with Crippen molar-refractivity contribution in [2.45, 2.75) is 84.3 Å². The Morgan fingerprint density at radius 3 is 2.68 bits per heavy atom. The number of carboxylic acid groups (broad SMARTS) is 1. The van der Waals surface area contributed by atoms with E-state index in [0.29, 0.717) is 27.5 Å². The molecule has 2 aromatic carbocycles. The Morgan fingerprint density at radius 1 is 1.02 bits per heavy atom. The van der Waals surface area contributed by atoms with Crippen LogP contribution in [0.2, 0.25) is 0 Å². The van der Waals surface area contributed by atoms with Crippen molar-refractivity contribution < 1.29 is 19.4 Å². The van der Waals surface area contributed by atoms with E-state index in [2.05, 4.69) is 33.8 Å². The molecule has 0 spiro atoms. The van der Waals surface area contributed by atoms with Gasteiger partial charge in [-0.05, 0) is 103 Å². The number of amides is 1.